The summed E-state index contributed by atoms with van der Waals surface area (Å²) < 4.78 is 13.9. The first-order valence-electron chi connectivity index (χ1n) is 10.7. The van der Waals surface area contributed by atoms with Crippen LogP contribution in [0, 0.1) is 20.8 Å². The molecule has 0 unspecified atom stereocenters. The van der Waals surface area contributed by atoms with E-state index in [0.29, 0.717) is 24.1 Å². The number of aryl methyl sites for hydroxylation is 2. The highest BCUT2D eigenvalue weighted by molar-refractivity contribution is 5.89. The number of imidazole rings is 1. The Hall–Kier alpha value is -3.94. The molecule has 0 amide bonds. The number of esters is 2. The van der Waals surface area contributed by atoms with E-state index < -0.39 is 5.97 Å². The van der Waals surface area contributed by atoms with Gasteiger partial charge in [-0.15, -0.1) is 0 Å². The van der Waals surface area contributed by atoms with E-state index in [2.05, 4.69) is 10.1 Å². The Balaban J connectivity index is 1.44. The molecule has 0 N–H and O–H groups in total. The Labute approximate surface area is 191 Å². The smallest absolute Gasteiger partial charge is 0.338 e. The second kappa shape index (κ2) is 9.28. The van der Waals surface area contributed by atoms with Gasteiger partial charge in [-0.25, -0.2) is 14.5 Å². The lowest BCUT2D eigenvalue weighted by Gasteiger charge is -2.07. The Morgan fingerprint density at radius 1 is 1.06 bits per heavy atom. The molecule has 0 spiro atoms. The lowest BCUT2D eigenvalue weighted by atomic mass is 10.1. The van der Waals surface area contributed by atoms with Crippen molar-refractivity contribution >= 4 is 17.6 Å². The fourth-order valence-electron chi connectivity index (χ4n) is 3.85. The number of rotatable bonds is 7. The van der Waals surface area contributed by atoms with Gasteiger partial charge < -0.3 is 13.9 Å². The van der Waals surface area contributed by atoms with Crippen molar-refractivity contribution in [1.29, 1.82) is 0 Å². The van der Waals surface area contributed by atoms with Crippen molar-refractivity contribution < 1.29 is 19.1 Å². The highest BCUT2D eigenvalue weighted by Crippen LogP contribution is 2.20. The molecule has 0 fully saturated rings. The van der Waals surface area contributed by atoms with Crippen LogP contribution in [0.15, 0.2) is 48.8 Å². The average Bonchev–Trinajstić information content (AvgIpc) is 3.37. The van der Waals surface area contributed by atoms with Crippen LogP contribution in [0.5, 0.6) is 0 Å². The van der Waals surface area contributed by atoms with E-state index in [9.17, 15) is 9.59 Å². The number of ether oxygens (including phenoxy) is 2. The summed E-state index contributed by atoms with van der Waals surface area (Å²) in [6, 6.07) is 11.0. The van der Waals surface area contributed by atoms with Crippen LogP contribution < -0.4 is 0 Å². The minimum Gasteiger partial charge on any atom is -0.469 e. The number of hydrogen-bond donors (Lipinski definition) is 0. The SMILES string of the molecule is COC(=O)CCc1c(C)nn(-c2ccc(C(=O)OCc3cn4cccc(C)c4n3)cc2)c1C. The lowest BCUT2D eigenvalue weighted by molar-refractivity contribution is -0.140. The first kappa shape index (κ1) is 22.3. The summed E-state index contributed by atoms with van der Waals surface area (Å²) in [7, 11) is 1.39. The molecular weight excluding hydrogens is 420 g/mol. The number of aromatic nitrogens is 4. The highest BCUT2D eigenvalue weighted by Gasteiger charge is 2.15. The highest BCUT2D eigenvalue weighted by atomic mass is 16.5. The second-order valence-electron chi connectivity index (χ2n) is 7.91. The van der Waals surface area contributed by atoms with E-state index in [0.717, 1.165) is 33.8 Å². The van der Waals surface area contributed by atoms with Crippen LogP contribution in [0.4, 0.5) is 0 Å². The Kier molecular flexibility index (Phi) is 6.26. The van der Waals surface area contributed by atoms with Crippen LogP contribution in [0.1, 0.15) is 45.0 Å². The molecule has 4 aromatic rings. The summed E-state index contributed by atoms with van der Waals surface area (Å²) in [5, 5.41) is 4.60. The third-order valence-corrected chi connectivity index (χ3v) is 5.67. The largest absolute Gasteiger partial charge is 0.469 e. The molecule has 0 aliphatic carbocycles. The number of benzene rings is 1. The van der Waals surface area contributed by atoms with Crippen molar-refractivity contribution in [1.82, 2.24) is 19.2 Å². The van der Waals surface area contributed by atoms with Crippen LogP contribution in [-0.4, -0.2) is 38.2 Å². The van der Waals surface area contributed by atoms with Crippen LogP contribution in [0.25, 0.3) is 11.3 Å². The van der Waals surface area contributed by atoms with Gasteiger partial charge in [0.1, 0.15) is 12.3 Å². The minimum atomic E-state index is -0.414. The van der Waals surface area contributed by atoms with Crippen LogP contribution in [0.3, 0.4) is 0 Å². The van der Waals surface area contributed by atoms with Gasteiger partial charge >= 0.3 is 11.9 Å². The Morgan fingerprint density at radius 2 is 1.82 bits per heavy atom. The summed E-state index contributed by atoms with van der Waals surface area (Å²) in [6.45, 7) is 5.97. The number of carbonyl (C=O) groups excluding carboxylic acids is 2. The molecule has 170 valence electrons. The van der Waals surface area contributed by atoms with Gasteiger partial charge in [0, 0.05) is 24.5 Å². The van der Waals surface area contributed by atoms with Gasteiger partial charge in [-0.3, -0.25) is 4.79 Å². The summed E-state index contributed by atoms with van der Waals surface area (Å²) in [5.74, 6) is -0.661. The maximum atomic E-state index is 12.5. The molecule has 0 radical (unpaired) electrons. The number of fused-ring (bicyclic) bond motifs is 1. The molecule has 3 aromatic heterocycles. The van der Waals surface area contributed by atoms with E-state index in [1.165, 1.54) is 7.11 Å². The molecule has 0 saturated heterocycles. The third-order valence-electron chi connectivity index (χ3n) is 5.67. The first-order valence-corrected chi connectivity index (χ1v) is 10.7. The molecule has 0 bridgehead atoms. The van der Waals surface area contributed by atoms with Crippen LogP contribution >= 0.6 is 0 Å². The van der Waals surface area contributed by atoms with Gasteiger partial charge in [0.25, 0.3) is 0 Å². The molecular formula is C25H26N4O4. The monoisotopic (exact) mass is 446 g/mol. The normalized spacial score (nSPS) is 11.0. The van der Waals surface area contributed by atoms with Crippen molar-refractivity contribution in [2.75, 3.05) is 7.11 Å². The molecule has 0 atom stereocenters. The zero-order valence-electron chi connectivity index (χ0n) is 19.2. The van der Waals surface area contributed by atoms with E-state index in [1.807, 2.05) is 66.5 Å². The molecule has 0 aliphatic rings. The molecule has 8 heteroatoms. The van der Waals surface area contributed by atoms with Gasteiger partial charge in [0.05, 0.1) is 29.7 Å². The molecule has 8 nitrogen and oxygen atoms in total. The lowest BCUT2D eigenvalue weighted by Crippen LogP contribution is -2.06. The molecule has 0 aliphatic heterocycles. The van der Waals surface area contributed by atoms with Gasteiger partial charge in [0.2, 0.25) is 0 Å². The fourth-order valence-corrected chi connectivity index (χ4v) is 3.85. The number of nitrogens with zero attached hydrogens (tertiary/aromatic N) is 4. The second-order valence-corrected chi connectivity index (χ2v) is 7.91. The maximum Gasteiger partial charge on any atom is 0.338 e. The van der Waals surface area contributed by atoms with E-state index in [1.54, 1.807) is 12.1 Å². The topological polar surface area (TPSA) is 87.7 Å². The summed E-state index contributed by atoms with van der Waals surface area (Å²) >= 11 is 0. The zero-order valence-corrected chi connectivity index (χ0v) is 19.2. The maximum absolute atomic E-state index is 12.5. The molecule has 0 saturated carbocycles. The number of hydrogen-bond acceptors (Lipinski definition) is 6. The van der Waals surface area contributed by atoms with Crippen molar-refractivity contribution in [2.24, 2.45) is 0 Å². The molecule has 33 heavy (non-hydrogen) atoms. The minimum absolute atomic E-state index is 0.0999. The van der Waals surface area contributed by atoms with E-state index >= 15 is 0 Å². The summed E-state index contributed by atoms with van der Waals surface area (Å²) in [6.07, 6.45) is 4.65. The van der Waals surface area contributed by atoms with Crippen LogP contribution in [0.2, 0.25) is 0 Å². The predicted molar refractivity (Wildman–Crippen MR) is 122 cm³/mol. The predicted octanol–water partition coefficient (Wildman–Crippen LogP) is 3.91. The van der Waals surface area contributed by atoms with Crippen molar-refractivity contribution in [3.63, 3.8) is 0 Å². The van der Waals surface area contributed by atoms with E-state index in [-0.39, 0.29) is 12.6 Å². The van der Waals surface area contributed by atoms with E-state index in [4.69, 9.17) is 9.47 Å². The molecule has 1 aromatic carbocycles. The Morgan fingerprint density at radius 3 is 2.52 bits per heavy atom. The first-order chi connectivity index (χ1) is 15.9. The fraction of sp³-hybridized carbons (Fsp3) is 0.280. The van der Waals surface area contributed by atoms with Gasteiger partial charge in [-0.2, -0.15) is 5.10 Å². The number of carbonyl (C=O) groups is 2. The van der Waals surface area contributed by atoms with Crippen molar-refractivity contribution in [3.05, 3.63) is 82.6 Å². The summed E-state index contributed by atoms with van der Waals surface area (Å²) in [4.78, 5) is 28.5. The standard InChI is InChI=1S/C25H26N4O4/c1-16-6-5-13-28-14-20(26-24(16)28)15-33-25(31)19-7-9-21(10-8-19)29-18(3)22(17(2)27-29)11-12-23(30)32-4/h5-10,13-14H,11-12,15H2,1-4H3. The van der Waals surface area contributed by atoms with Crippen molar-refractivity contribution in [3.8, 4) is 5.69 Å². The average molecular weight is 447 g/mol. The van der Waals surface area contributed by atoms with Gasteiger partial charge in [0.15, 0.2) is 0 Å². The van der Waals surface area contributed by atoms with Crippen LogP contribution in [-0.2, 0) is 27.3 Å². The number of pyridine rings is 1. The summed E-state index contributed by atoms with van der Waals surface area (Å²) in [5.41, 5.74) is 6.71. The Bertz CT molecular complexity index is 1320. The quantitative estimate of drug-likeness (QED) is 0.400. The third kappa shape index (κ3) is 4.64. The zero-order chi connectivity index (χ0) is 23.5. The molecule has 3 heterocycles. The number of methoxy groups -OCH3 is 1. The molecule has 4 rings (SSSR count). The van der Waals surface area contributed by atoms with Gasteiger partial charge in [-0.1, -0.05) is 6.07 Å². The van der Waals surface area contributed by atoms with Gasteiger partial charge in [-0.05, 0) is 68.7 Å². The van der Waals surface area contributed by atoms with Crippen molar-refractivity contribution in [2.45, 2.75) is 40.2 Å².